The van der Waals surface area contributed by atoms with Gasteiger partial charge in [-0.3, -0.25) is 9.69 Å². The van der Waals surface area contributed by atoms with Crippen molar-refractivity contribution in [3.8, 4) is 0 Å². The van der Waals surface area contributed by atoms with Gasteiger partial charge in [0.15, 0.2) is 0 Å². The van der Waals surface area contributed by atoms with Crippen LogP contribution >= 0.6 is 23.1 Å². The molecule has 0 aliphatic carbocycles. The number of likely N-dealkylation sites (N-methyl/N-ethyl adjacent to an activating group) is 1. The third kappa shape index (κ3) is 6.19. The minimum Gasteiger partial charge on any atom is -0.322 e. The van der Waals surface area contributed by atoms with Crippen LogP contribution in [0.3, 0.4) is 0 Å². The van der Waals surface area contributed by atoms with Crippen molar-refractivity contribution in [2.24, 2.45) is 0 Å². The molecule has 168 valence electrons. The molecule has 0 atom stereocenters. The molecule has 0 radical (unpaired) electrons. The summed E-state index contributed by atoms with van der Waals surface area (Å²) in [4.78, 5) is 23.4. The lowest BCUT2D eigenvalue weighted by Gasteiger charge is -2.34. The maximum atomic E-state index is 13.0. The number of nitrogens with zero attached hydrogens (tertiary/aromatic N) is 3. The van der Waals surface area contributed by atoms with Gasteiger partial charge in [-0.15, -0.1) is 23.1 Å². The lowest BCUT2D eigenvalue weighted by Crippen LogP contribution is -2.45. The monoisotopic (exact) mass is 466 g/mol. The van der Waals surface area contributed by atoms with E-state index in [1.165, 1.54) is 5.56 Å². The van der Waals surface area contributed by atoms with E-state index in [1.807, 2.05) is 43.3 Å². The maximum Gasteiger partial charge on any atom is 0.256 e. The molecule has 1 N–H and O–H groups in total. The number of hydrogen-bond donors (Lipinski definition) is 1. The number of nitrogens with one attached hydrogen (secondary N) is 1. The molecule has 0 spiro atoms. The summed E-state index contributed by atoms with van der Waals surface area (Å²) in [6.45, 7) is 10.8. The van der Waals surface area contributed by atoms with Gasteiger partial charge in [-0.05, 0) is 43.3 Å². The lowest BCUT2D eigenvalue weighted by molar-refractivity contribution is 0.102. The summed E-state index contributed by atoms with van der Waals surface area (Å²) in [5.74, 6) is 0.682. The fourth-order valence-electron chi connectivity index (χ4n) is 3.82. The smallest absolute Gasteiger partial charge is 0.256 e. The topological polar surface area (TPSA) is 48.5 Å². The number of aryl methyl sites for hydroxylation is 1. The van der Waals surface area contributed by atoms with Crippen LogP contribution in [0.1, 0.15) is 33.5 Å². The molecular weight excluding hydrogens is 436 g/mol. The first-order valence-electron chi connectivity index (χ1n) is 11.1. The normalized spacial score (nSPS) is 15.1. The van der Waals surface area contributed by atoms with Crippen LogP contribution in [-0.4, -0.2) is 53.4 Å². The number of rotatable bonds is 8. The van der Waals surface area contributed by atoms with E-state index in [1.54, 1.807) is 23.1 Å². The van der Waals surface area contributed by atoms with Crippen LogP contribution in [0, 0.1) is 6.92 Å². The summed E-state index contributed by atoms with van der Waals surface area (Å²) in [5, 5.41) is 6.21. The van der Waals surface area contributed by atoms with Crippen LogP contribution in [0.4, 0.5) is 5.69 Å². The van der Waals surface area contributed by atoms with Gasteiger partial charge in [-0.1, -0.05) is 31.2 Å². The van der Waals surface area contributed by atoms with Crippen molar-refractivity contribution < 1.29 is 4.79 Å². The van der Waals surface area contributed by atoms with Crippen molar-refractivity contribution in [1.82, 2.24) is 14.8 Å². The summed E-state index contributed by atoms with van der Waals surface area (Å²) in [7, 11) is 0. The molecule has 0 saturated carbocycles. The molecule has 1 saturated heterocycles. The van der Waals surface area contributed by atoms with Gasteiger partial charge in [0.1, 0.15) is 0 Å². The van der Waals surface area contributed by atoms with Crippen molar-refractivity contribution in [2.75, 3.05) is 38.0 Å². The first kappa shape index (κ1) is 23.0. The Morgan fingerprint density at radius 1 is 1.06 bits per heavy atom. The van der Waals surface area contributed by atoms with Crippen LogP contribution in [0.5, 0.6) is 0 Å². The fraction of sp³-hybridized carbons (Fsp3) is 0.360. The van der Waals surface area contributed by atoms with Crippen molar-refractivity contribution in [1.29, 1.82) is 0 Å². The fourth-order valence-corrected chi connectivity index (χ4v) is 5.48. The Labute approximate surface area is 198 Å². The average Bonchev–Trinajstić information content (AvgIpc) is 3.24. The SMILES string of the molecule is CCN1CCN(Cc2ccc(NC(=O)c3ccccc3SCc3csc(C)n3)cc2)CC1. The number of anilines is 1. The molecule has 0 unspecified atom stereocenters. The number of thiazole rings is 1. The molecule has 1 aromatic heterocycles. The molecule has 1 fully saturated rings. The zero-order chi connectivity index (χ0) is 22.3. The minimum atomic E-state index is -0.0778. The van der Waals surface area contributed by atoms with Gasteiger partial charge in [0.05, 0.1) is 16.3 Å². The Morgan fingerprint density at radius 2 is 1.78 bits per heavy atom. The van der Waals surface area contributed by atoms with E-state index in [2.05, 4.69) is 44.5 Å². The molecule has 2 heterocycles. The van der Waals surface area contributed by atoms with Crippen LogP contribution in [0.2, 0.25) is 0 Å². The lowest BCUT2D eigenvalue weighted by atomic mass is 10.1. The van der Waals surface area contributed by atoms with Crippen LogP contribution in [0.25, 0.3) is 0 Å². The first-order valence-corrected chi connectivity index (χ1v) is 12.9. The highest BCUT2D eigenvalue weighted by Crippen LogP contribution is 2.27. The second kappa shape index (κ2) is 11.1. The van der Waals surface area contributed by atoms with Gasteiger partial charge in [-0.25, -0.2) is 4.98 Å². The zero-order valence-corrected chi connectivity index (χ0v) is 20.3. The number of benzene rings is 2. The van der Waals surface area contributed by atoms with Crippen molar-refractivity contribution in [2.45, 2.75) is 31.0 Å². The molecule has 32 heavy (non-hydrogen) atoms. The van der Waals surface area contributed by atoms with Crippen molar-refractivity contribution in [3.05, 3.63) is 75.7 Å². The van der Waals surface area contributed by atoms with E-state index in [4.69, 9.17) is 0 Å². The predicted molar refractivity (Wildman–Crippen MR) is 135 cm³/mol. The molecular formula is C25H30N4OS2. The first-order chi connectivity index (χ1) is 15.6. The second-order valence-corrected chi connectivity index (χ2v) is 10.1. The van der Waals surface area contributed by atoms with Crippen LogP contribution in [0.15, 0.2) is 58.8 Å². The number of aromatic nitrogens is 1. The van der Waals surface area contributed by atoms with E-state index in [0.29, 0.717) is 5.56 Å². The standard InChI is InChI=1S/C25H30N4OS2/c1-3-28-12-14-29(15-13-28)16-20-8-10-21(11-9-20)27-25(30)23-6-4-5-7-24(23)32-18-22-17-31-19(2)26-22/h4-11,17H,3,12-16,18H2,1-2H3,(H,27,30). The van der Waals surface area contributed by atoms with E-state index in [0.717, 1.165) is 66.3 Å². The molecule has 1 amide bonds. The van der Waals surface area contributed by atoms with E-state index in [-0.39, 0.29) is 5.91 Å². The highest BCUT2D eigenvalue weighted by atomic mass is 32.2. The Bertz CT molecular complexity index is 1030. The molecule has 2 aromatic carbocycles. The van der Waals surface area contributed by atoms with Gasteiger partial charge < -0.3 is 10.2 Å². The van der Waals surface area contributed by atoms with Crippen molar-refractivity contribution in [3.63, 3.8) is 0 Å². The maximum absolute atomic E-state index is 13.0. The molecule has 5 nitrogen and oxygen atoms in total. The van der Waals surface area contributed by atoms with Crippen LogP contribution in [-0.2, 0) is 12.3 Å². The highest BCUT2D eigenvalue weighted by molar-refractivity contribution is 7.98. The van der Waals surface area contributed by atoms with Crippen LogP contribution < -0.4 is 5.32 Å². The molecule has 1 aliphatic heterocycles. The quantitative estimate of drug-likeness (QED) is 0.466. The number of hydrogen-bond acceptors (Lipinski definition) is 6. The average molecular weight is 467 g/mol. The minimum absolute atomic E-state index is 0.0778. The number of carbonyl (C=O) groups excluding carboxylic acids is 1. The van der Waals surface area contributed by atoms with Gasteiger partial charge in [0.25, 0.3) is 5.91 Å². The third-order valence-corrected chi connectivity index (χ3v) is 7.63. The summed E-state index contributed by atoms with van der Waals surface area (Å²) in [5.41, 5.74) is 3.86. The Balaban J connectivity index is 1.34. The zero-order valence-electron chi connectivity index (χ0n) is 18.7. The predicted octanol–water partition coefficient (Wildman–Crippen LogP) is 5.13. The molecule has 4 rings (SSSR count). The number of amides is 1. The molecule has 3 aromatic rings. The Hall–Kier alpha value is -2.19. The summed E-state index contributed by atoms with van der Waals surface area (Å²) >= 11 is 3.31. The largest absolute Gasteiger partial charge is 0.322 e. The van der Waals surface area contributed by atoms with Gasteiger partial charge in [0, 0.05) is 54.4 Å². The second-order valence-electron chi connectivity index (χ2n) is 8.00. The number of piperazine rings is 1. The molecule has 7 heteroatoms. The van der Waals surface area contributed by atoms with E-state index >= 15 is 0 Å². The Kier molecular flexibility index (Phi) is 7.97. The number of thioether (sulfide) groups is 1. The van der Waals surface area contributed by atoms with Gasteiger partial charge in [-0.2, -0.15) is 0 Å². The van der Waals surface area contributed by atoms with Gasteiger partial charge >= 0.3 is 0 Å². The Morgan fingerprint density at radius 3 is 2.47 bits per heavy atom. The number of carbonyl (C=O) groups is 1. The van der Waals surface area contributed by atoms with Crippen molar-refractivity contribution >= 4 is 34.7 Å². The summed E-state index contributed by atoms with van der Waals surface area (Å²) < 4.78 is 0. The summed E-state index contributed by atoms with van der Waals surface area (Å²) in [6, 6.07) is 16.0. The van der Waals surface area contributed by atoms with E-state index in [9.17, 15) is 4.79 Å². The van der Waals surface area contributed by atoms with Gasteiger partial charge in [0.2, 0.25) is 0 Å². The third-order valence-electron chi connectivity index (χ3n) is 5.70. The summed E-state index contributed by atoms with van der Waals surface area (Å²) in [6.07, 6.45) is 0. The highest BCUT2D eigenvalue weighted by Gasteiger charge is 2.16. The molecule has 1 aliphatic rings. The molecule has 0 bridgehead atoms. The van der Waals surface area contributed by atoms with E-state index < -0.39 is 0 Å².